The molecule has 0 saturated carbocycles. The van der Waals surface area contributed by atoms with E-state index in [0.29, 0.717) is 22.8 Å². The molecule has 0 bridgehead atoms. The van der Waals surface area contributed by atoms with E-state index in [-0.39, 0.29) is 5.91 Å². The summed E-state index contributed by atoms with van der Waals surface area (Å²) in [4.78, 5) is 14.0. The van der Waals surface area contributed by atoms with E-state index in [1.54, 1.807) is 30.1 Å². The molecule has 0 atom stereocenters. The fourth-order valence-electron chi connectivity index (χ4n) is 1.85. The van der Waals surface area contributed by atoms with Gasteiger partial charge in [-0.25, -0.2) is 0 Å². The highest BCUT2D eigenvalue weighted by Crippen LogP contribution is 2.21. The summed E-state index contributed by atoms with van der Waals surface area (Å²) < 4.78 is 1.01. The van der Waals surface area contributed by atoms with Gasteiger partial charge < -0.3 is 10.6 Å². The van der Waals surface area contributed by atoms with Crippen molar-refractivity contribution in [1.29, 1.82) is 0 Å². The standard InChI is InChI=1S/C15H14BrClN2O/c1-19(9-10-2-4-11(16)5-3-10)15(20)13-8-12(18)6-7-14(13)17/h2-8H,9,18H2,1H3. The Balaban J connectivity index is 2.16. The third-order valence-corrected chi connectivity index (χ3v) is 3.76. The third-order valence-electron chi connectivity index (χ3n) is 2.90. The molecule has 0 aliphatic rings. The van der Waals surface area contributed by atoms with Crippen molar-refractivity contribution < 1.29 is 4.79 Å². The lowest BCUT2D eigenvalue weighted by Crippen LogP contribution is -2.26. The lowest BCUT2D eigenvalue weighted by Gasteiger charge is -2.18. The number of carbonyl (C=O) groups is 1. The van der Waals surface area contributed by atoms with Crippen molar-refractivity contribution in [3.05, 3.63) is 63.1 Å². The number of nitrogens with zero attached hydrogens (tertiary/aromatic N) is 1. The van der Waals surface area contributed by atoms with Gasteiger partial charge >= 0.3 is 0 Å². The molecule has 2 N–H and O–H groups in total. The van der Waals surface area contributed by atoms with Crippen LogP contribution in [0.15, 0.2) is 46.9 Å². The molecule has 1 amide bonds. The van der Waals surface area contributed by atoms with Crippen molar-refractivity contribution in [2.45, 2.75) is 6.54 Å². The van der Waals surface area contributed by atoms with E-state index in [2.05, 4.69) is 15.9 Å². The fourth-order valence-corrected chi connectivity index (χ4v) is 2.31. The first-order chi connectivity index (χ1) is 9.47. The lowest BCUT2D eigenvalue weighted by molar-refractivity contribution is 0.0785. The molecule has 0 aliphatic carbocycles. The first-order valence-corrected chi connectivity index (χ1v) is 7.19. The monoisotopic (exact) mass is 352 g/mol. The van der Waals surface area contributed by atoms with Crippen LogP contribution in [0.5, 0.6) is 0 Å². The number of halogens is 2. The van der Waals surface area contributed by atoms with Crippen LogP contribution in [-0.4, -0.2) is 17.9 Å². The van der Waals surface area contributed by atoms with Crippen molar-refractivity contribution >= 4 is 39.1 Å². The fraction of sp³-hybridized carbons (Fsp3) is 0.133. The number of hydrogen-bond donors (Lipinski definition) is 1. The van der Waals surface area contributed by atoms with Crippen LogP contribution in [0.25, 0.3) is 0 Å². The average molecular weight is 354 g/mol. The van der Waals surface area contributed by atoms with E-state index in [1.165, 1.54) is 0 Å². The molecular weight excluding hydrogens is 340 g/mol. The molecule has 0 saturated heterocycles. The molecule has 0 spiro atoms. The van der Waals surface area contributed by atoms with E-state index in [0.717, 1.165) is 10.0 Å². The number of rotatable bonds is 3. The maximum Gasteiger partial charge on any atom is 0.255 e. The molecule has 0 radical (unpaired) electrons. The second kappa shape index (κ2) is 6.29. The van der Waals surface area contributed by atoms with Crippen molar-refractivity contribution in [2.75, 3.05) is 12.8 Å². The zero-order chi connectivity index (χ0) is 14.7. The van der Waals surface area contributed by atoms with Crippen LogP contribution in [0.2, 0.25) is 5.02 Å². The average Bonchev–Trinajstić information content (AvgIpc) is 2.43. The zero-order valence-corrected chi connectivity index (χ0v) is 13.3. The Kier molecular flexibility index (Phi) is 4.68. The SMILES string of the molecule is CN(Cc1ccc(Br)cc1)C(=O)c1cc(N)ccc1Cl. The maximum atomic E-state index is 12.4. The molecular formula is C15H14BrClN2O. The molecule has 0 heterocycles. The molecule has 5 heteroatoms. The van der Waals surface area contributed by atoms with Crippen LogP contribution in [0, 0.1) is 0 Å². The summed E-state index contributed by atoms with van der Waals surface area (Å²) in [5, 5.41) is 0.409. The van der Waals surface area contributed by atoms with Crippen LogP contribution in [0.1, 0.15) is 15.9 Å². The van der Waals surface area contributed by atoms with E-state index in [1.807, 2.05) is 24.3 Å². The third kappa shape index (κ3) is 3.52. The largest absolute Gasteiger partial charge is 0.399 e. The topological polar surface area (TPSA) is 46.3 Å². The Labute approximate surface area is 131 Å². The molecule has 0 aromatic heterocycles. The molecule has 0 fully saturated rings. The van der Waals surface area contributed by atoms with Crippen molar-refractivity contribution in [3.63, 3.8) is 0 Å². The van der Waals surface area contributed by atoms with Gasteiger partial charge in [-0.1, -0.05) is 39.7 Å². The quantitative estimate of drug-likeness (QED) is 0.849. The van der Waals surface area contributed by atoms with Crippen molar-refractivity contribution in [2.24, 2.45) is 0 Å². The predicted octanol–water partition coefficient (Wildman–Crippen LogP) is 3.96. The van der Waals surface area contributed by atoms with Crippen LogP contribution in [0.3, 0.4) is 0 Å². The number of amides is 1. The van der Waals surface area contributed by atoms with Gasteiger partial charge in [-0.3, -0.25) is 4.79 Å². The van der Waals surface area contributed by atoms with Gasteiger partial charge in [0.2, 0.25) is 0 Å². The van der Waals surface area contributed by atoms with E-state index < -0.39 is 0 Å². The molecule has 20 heavy (non-hydrogen) atoms. The second-order valence-corrected chi connectivity index (χ2v) is 5.85. The molecule has 0 aliphatic heterocycles. The Morgan fingerprint density at radius 1 is 1.25 bits per heavy atom. The molecule has 2 aromatic rings. The number of carbonyl (C=O) groups excluding carboxylic acids is 1. The first-order valence-electron chi connectivity index (χ1n) is 6.02. The summed E-state index contributed by atoms with van der Waals surface area (Å²) in [5.74, 6) is -0.148. The number of nitrogens with two attached hydrogens (primary N) is 1. The minimum absolute atomic E-state index is 0.148. The van der Waals surface area contributed by atoms with Gasteiger partial charge in [-0.15, -0.1) is 0 Å². The Morgan fingerprint density at radius 3 is 2.55 bits per heavy atom. The number of benzene rings is 2. The number of nitrogen functional groups attached to an aromatic ring is 1. The van der Waals surface area contributed by atoms with Gasteiger partial charge in [0.15, 0.2) is 0 Å². The summed E-state index contributed by atoms with van der Waals surface area (Å²) >= 11 is 9.43. The van der Waals surface area contributed by atoms with Gasteiger partial charge in [0.25, 0.3) is 5.91 Å². The lowest BCUT2D eigenvalue weighted by atomic mass is 10.1. The molecule has 0 unspecified atom stereocenters. The molecule has 104 valence electrons. The van der Waals surface area contributed by atoms with Gasteiger partial charge in [0.05, 0.1) is 10.6 Å². The summed E-state index contributed by atoms with van der Waals surface area (Å²) in [6.07, 6.45) is 0. The summed E-state index contributed by atoms with van der Waals surface area (Å²) in [5.41, 5.74) is 7.69. The smallest absolute Gasteiger partial charge is 0.255 e. The normalized spacial score (nSPS) is 10.3. The first kappa shape index (κ1) is 14.9. The minimum Gasteiger partial charge on any atom is -0.399 e. The van der Waals surface area contributed by atoms with E-state index in [9.17, 15) is 4.79 Å². The van der Waals surface area contributed by atoms with Gasteiger partial charge in [0.1, 0.15) is 0 Å². The minimum atomic E-state index is -0.148. The highest BCUT2D eigenvalue weighted by Gasteiger charge is 2.15. The highest BCUT2D eigenvalue weighted by atomic mass is 79.9. The van der Waals surface area contributed by atoms with E-state index in [4.69, 9.17) is 17.3 Å². The van der Waals surface area contributed by atoms with E-state index >= 15 is 0 Å². The summed E-state index contributed by atoms with van der Waals surface area (Å²) in [6.45, 7) is 0.511. The second-order valence-electron chi connectivity index (χ2n) is 4.53. The summed E-state index contributed by atoms with van der Waals surface area (Å²) in [6, 6.07) is 12.7. The summed E-state index contributed by atoms with van der Waals surface area (Å²) in [7, 11) is 1.74. The predicted molar refractivity (Wildman–Crippen MR) is 85.8 cm³/mol. The highest BCUT2D eigenvalue weighted by molar-refractivity contribution is 9.10. The van der Waals surface area contributed by atoms with Gasteiger partial charge in [0, 0.05) is 23.8 Å². The molecule has 2 aromatic carbocycles. The van der Waals surface area contributed by atoms with Gasteiger partial charge in [-0.2, -0.15) is 0 Å². The Morgan fingerprint density at radius 2 is 1.90 bits per heavy atom. The molecule has 3 nitrogen and oxygen atoms in total. The maximum absolute atomic E-state index is 12.4. The van der Waals surface area contributed by atoms with Crippen LogP contribution in [0.4, 0.5) is 5.69 Å². The number of hydrogen-bond acceptors (Lipinski definition) is 2. The van der Waals surface area contributed by atoms with Crippen LogP contribution >= 0.6 is 27.5 Å². The zero-order valence-electron chi connectivity index (χ0n) is 10.9. The van der Waals surface area contributed by atoms with Crippen LogP contribution < -0.4 is 5.73 Å². The number of anilines is 1. The van der Waals surface area contributed by atoms with Gasteiger partial charge in [-0.05, 0) is 35.9 Å². The molecule has 2 rings (SSSR count). The van der Waals surface area contributed by atoms with Crippen LogP contribution in [-0.2, 0) is 6.54 Å². The Hall–Kier alpha value is -1.52. The van der Waals surface area contributed by atoms with Crippen molar-refractivity contribution in [3.8, 4) is 0 Å². The van der Waals surface area contributed by atoms with Crippen molar-refractivity contribution in [1.82, 2.24) is 4.90 Å². The Bertz CT molecular complexity index is 628.